The zero-order valence-electron chi connectivity index (χ0n) is 20.4. The Morgan fingerprint density at radius 3 is 1.84 bits per heavy atom. The highest BCUT2D eigenvalue weighted by molar-refractivity contribution is 5.22. The summed E-state index contributed by atoms with van der Waals surface area (Å²) < 4.78 is 0. The van der Waals surface area contributed by atoms with Gasteiger partial charge in [0.05, 0.1) is 0 Å². The van der Waals surface area contributed by atoms with Crippen LogP contribution in [0.1, 0.15) is 76.3 Å². The van der Waals surface area contributed by atoms with Crippen LogP contribution >= 0.6 is 0 Å². The molecule has 2 aliphatic rings. The van der Waals surface area contributed by atoms with E-state index in [9.17, 15) is 0 Å². The third-order valence-electron chi connectivity index (χ3n) is 7.42. The van der Waals surface area contributed by atoms with Crippen molar-refractivity contribution in [1.29, 1.82) is 0 Å². The number of hydrogen-bond acceptors (Lipinski definition) is 4. The molecule has 2 heterocycles. The summed E-state index contributed by atoms with van der Waals surface area (Å²) in [6.45, 7) is 14.2. The topological polar surface area (TPSA) is 30.5 Å². The van der Waals surface area contributed by atoms with E-state index in [0.29, 0.717) is 0 Å². The maximum absolute atomic E-state index is 3.64. The number of likely N-dealkylation sites (tertiary alicyclic amines) is 2. The molecule has 31 heavy (non-hydrogen) atoms. The van der Waals surface area contributed by atoms with Crippen molar-refractivity contribution in [2.75, 3.05) is 45.8 Å². The summed E-state index contributed by atoms with van der Waals surface area (Å²) in [5.74, 6) is 0. The minimum absolute atomic E-state index is 0.786. The molecule has 2 fully saturated rings. The second-order valence-electron chi connectivity index (χ2n) is 9.96. The Hall–Kier alpha value is -0.940. The lowest BCUT2D eigenvalue weighted by Gasteiger charge is -2.33. The summed E-state index contributed by atoms with van der Waals surface area (Å²) in [4.78, 5) is 5.34. The Kier molecular flexibility index (Phi) is 11.4. The van der Waals surface area contributed by atoms with Gasteiger partial charge in [-0.3, -0.25) is 0 Å². The first-order chi connectivity index (χ1) is 15.2. The third kappa shape index (κ3) is 9.21. The highest BCUT2D eigenvalue weighted by atomic mass is 15.2. The highest BCUT2D eigenvalue weighted by Crippen LogP contribution is 2.17. The molecule has 176 valence electrons. The van der Waals surface area contributed by atoms with Crippen LogP contribution in [-0.2, 0) is 13.0 Å². The van der Waals surface area contributed by atoms with Crippen LogP contribution in [0.2, 0.25) is 0 Å². The van der Waals surface area contributed by atoms with E-state index in [-0.39, 0.29) is 0 Å². The maximum atomic E-state index is 3.64. The largest absolute Gasteiger partial charge is 0.316 e. The van der Waals surface area contributed by atoms with Crippen LogP contribution in [-0.4, -0.2) is 67.7 Å². The van der Waals surface area contributed by atoms with Crippen molar-refractivity contribution >= 4 is 0 Å². The molecular formula is C27H48N4. The minimum atomic E-state index is 0.786. The van der Waals surface area contributed by atoms with E-state index in [4.69, 9.17) is 0 Å². The molecule has 2 N–H and O–H groups in total. The molecule has 2 atom stereocenters. The molecule has 2 saturated heterocycles. The molecule has 1 aromatic carbocycles. The second kappa shape index (κ2) is 14.3. The van der Waals surface area contributed by atoms with Gasteiger partial charge in [0.2, 0.25) is 0 Å². The highest BCUT2D eigenvalue weighted by Gasteiger charge is 2.17. The molecule has 0 aliphatic carbocycles. The standard InChI is InChI=1S/C27H48N4/c1-24-9-3-5-19-30(24)21-7-16-28-18-15-26-11-13-27(14-12-26)23-29-17-8-22-31-20-6-4-10-25(31)2/h11-14,24-25,28-29H,3-10,15-23H2,1-2H3. The normalized spacial score (nSPS) is 23.3. The van der Waals surface area contributed by atoms with Crippen molar-refractivity contribution in [3.8, 4) is 0 Å². The Morgan fingerprint density at radius 1 is 0.710 bits per heavy atom. The number of rotatable bonds is 13. The molecular weight excluding hydrogens is 380 g/mol. The van der Waals surface area contributed by atoms with Crippen molar-refractivity contribution in [2.24, 2.45) is 0 Å². The van der Waals surface area contributed by atoms with E-state index < -0.39 is 0 Å². The summed E-state index contributed by atoms with van der Waals surface area (Å²) in [5.41, 5.74) is 2.85. The minimum Gasteiger partial charge on any atom is -0.316 e. The predicted molar refractivity (Wildman–Crippen MR) is 134 cm³/mol. The van der Waals surface area contributed by atoms with E-state index >= 15 is 0 Å². The van der Waals surface area contributed by atoms with Crippen LogP contribution in [0.3, 0.4) is 0 Å². The van der Waals surface area contributed by atoms with Gasteiger partial charge >= 0.3 is 0 Å². The molecule has 4 nitrogen and oxygen atoms in total. The molecule has 0 saturated carbocycles. The lowest BCUT2D eigenvalue weighted by atomic mass is 10.0. The van der Waals surface area contributed by atoms with Gasteiger partial charge in [0.15, 0.2) is 0 Å². The van der Waals surface area contributed by atoms with Gasteiger partial charge < -0.3 is 20.4 Å². The molecule has 2 unspecified atom stereocenters. The molecule has 0 spiro atoms. The molecule has 3 rings (SSSR count). The number of nitrogens with one attached hydrogen (secondary N) is 2. The van der Waals surface area contributed by atoms with Crippen molar-refractivity contribution in [3.63, 3.8) is 0 Å². The monoisotopic (exact) mass is 428 g/mol. The Morgan fingerprint density at radius 2 is 1.26 bits per heavy atom. The van der Waals surface area contributed by atoms with E-state index in [1.807, 2.05) is 0 Å². The first kappa shape index (κ1) is 24.7. The average molecular weight is 429 g/mol. The molecule has 1 aromatic rings. The quantitative estimate of drug-likeness (QED) is 0.455. The Bertz CT molecular complexity index is 587. The van der Waals surface area contributed by atoms with Gasteiger partial charge in [0.1, 0.15) is 0 Å². The van der Waals surface area contributed by atoms with E-state index in [1.54, 1.807) is 0 Å². The van der Waals surface area contributed by atoms with Crippen LogP contribution in [0.25, 0.3) is 0 Å². The lowest BCUT2D eigenvalue weighted by molar-refractivity contribution is 0.159. The number of nitrogens with zero attached hydrogens (tertiary/aromatic N) is 2. The van der Waals surface area contributed by atoms with Gasteiger partial charge in [0.25, 0.3) is 0 Å². The zero-order valence-corrected chi connectivity index (χ0v) is 20.4. The van der Waals surface area contributed by atoms with Crippen molar-refractivity contribution < 1.29 is 0 Å². The smallest absolute Gasteiger partial charge is 0.0205 e. The molecule has 4 heteroatoms. The lowest BCUT2D eigenvalue weighted by Crippen LogP contribution is -2.39. The van der Waals surface area contributed by atoms with Crippen molar-refractivity contribution in [2.45, 2.75) is 90.3 Å². The molecule has 0 amide bonds. The fraction of sp³-hybridized carbons (Fsp3) is 0.778. The Balaban J connectivity index is 1.19. The van der Waals surface area contributed by atoms with Gasteiger partial charge in [-0.15, -0.1) is 0 Å². The molecule has 0 radical (unpaired) electrons. The number of piperidine rings is 2. The van der Waals surface area contributed by atoms with Gasteiger partial charge in [-0.2, -0.15) is 0 Å². The SMILES string of the molecule is CC1CCCCN1CCCNCCc1ccc(CNCCCN2CCCCC2C)cc1. The van der Waals surface area contributed by atoms with Crippen molar-refractivity contribution in [3.05, 3.63) is 35.4 Å². The average Bonchev–Trinajstić information content (AvgIpc) is 2.79. The maximum Gasteiger partial charge on any atom is 0.0205 e. The Labute approximate surface area is 192 Å². The van der Waals surface area contributed by atoms with E-state index in [1.165, 1.54) is 88.7 Å². The molecule has 2 aliphatic heterocycles. The van der Waals surface area contributed by atoms with Gasteiger partial charge in [-0.1, -0.05) is 37.1 Å². The van der Waals surface area contributed by atoms with E-state index in [0.717, 1.165) is 44.7 Å². The zero-order chi connectivity index (χ0) is 21.7. The number of hydrogen-bond donors (Lipinski definition) is 2. The van der Waals surface area contributed by atoms with E-state index in [2.05, 4.69) is 58.5 Å². The summed E-state index contributed by atoms with van der Waals surface area (Å²) in [6, 6.07) is 10.8. The van der Waals surface area contributed by atoms with Gasteiger partial charge in [-0.25, -0.2) is 0 Å². The van der Waals surface area contributed by atoms with Crippen molar-refractivity contribution in [1.82, 2.24) is 20.4 Å². The van der Waals surface area contributed by atoms with Gasteiger partial charge in [-0.05, 0) is 116 Å². The van der Waals surface area contributed by atoms with Crippen LogP contribution in [0.4, 0.5) is 0 Å². The third-order valence-corrected chi connectivity index (χ3v) is 7.42. The first-order valence-electron chi connectivity index (χ1n) is 13.2. The van der Waals surface area contributed by atoms with Crippen LogP contribution < -0.4 is 10.6 Å². The summed E-state index contributed by atoms with van der Waals surface area (Å²) >= 11 is 0. The fourth-order valence-electron chi connectivity index (χ4n) is 5.21. The molecule has 0 bridgehead atoms. The van der Waals surface area contributed by atoms with Crippen LogP contribution in [0.5, 0.6) is 0 Å². The van der Waals surface area contributed by atoms with Gasteiger partial charge in [0, 0.05) is 18.6 Å². The summed E-state index contributed by atoms with van der Waals surface area (Å²) in [6.07, 6.45) is 12.0. The second-order valence-corrected chi connectivity index (χ2v) is 9.96. The van der Waals surface area contributed by atoms with Crippen LogP contribution in [0.15, 0.2) is 24.3 Å². The summed E-state index contributed by atoms with van der Waals surface area (Å²) in [7, 11) is 0. The fourth-order valence-corrected chi connectivity index (χ4v) is 5.21. The summed E-state index contributed by atoms with van der Waals surface area (Å²) in [5, 5.41) is 7.27. The number of benzene rings is 1. The van der Waals surface area contributed by atoms with Crippen LogP contribution in [0, 0.1) is 0 Å². The molecule has 0 aromatic heterocycles. The predicted octanol–water partition coefficient (Wildman–Crippen LogP) is 4.44. The first-order valence-corrected chi connectivity index (χ1v) is 13.2.